The summed E-state index contributed by atoms with van der Waals surface area (Å²) in [5.74, 6) is -0.00625. The maximum Gasteiger partial charge on any atom is 0.777 e. The van der Waals surface area contributed by atoms with E-state index in [4.69, 9.17) is 111 Å². The minimum absolute atomic E-state index is 0.00156. The number of fused-ring (bicyclic) bond motifs is 2. The monoisotopic (exact) mass is 499 g/mol. The van der Waals surface area contributed by atoms with E-state index in [-0.39, 0.29) is 63.2 Å². The Morgan fingerprint density at radius 2 is 0.560 bits per heavy atom. The third-order valence-electron chi connectivity index (χ3n) is 3.41. The summed E-state index contributed by atoms with van der Waals surface area (Å²) in [5, 5.41) is -0.158. The molecule has 2 aromatic carbocycles. The number of benzene rings is 2. The summed E-state index contributed by atoms with van der Waals surface area (Å²) in [6.07, 6.45) is 0. The largest absolute Gasteiger partial charge is 0.777 e. The lowest BCUT2D eigenvalue weighted by atomic mass is 10.1. The lowest BCUT2D eigenvalue weighted by Gasteiger charge is -2.27. The first-order valence-corrected chi connectivity index (χ1v) is 9.29. The Hall–Kier alpha value is 0.0249. The van der Waals surface area contributed by atoms with Crippen molar-refractivity contribution >= 4 is 99.8 Å². The number of hydrogen-bond acceptors (Lipinski definition) is 4. The average molecular weight is 503 g/mol. The Morgan fingerprint density at radius 1 is 0.360 bits per heavy atom. The van der Waals surface area contributed by atoms with E-state index < -0.39 is 6.96 Å². The summed E-state index contributed by atoms with van der Waals surface area (Å²) in [6, 6.07) is 0. The first-order valence-electron chi connectivity index (χ1n) is 6.27. The van der Waals surface area contributed by atoms with Gasteiger partial charge in [-0.2, -0.15) is 0 Å². The summed E-state index contributed by atoms with van der Waals surface area (Å²) >= 11 is 48.5. The fourth-order valence-corrected chi connectivity index (χ4v) is 4.14. The maximum atomic E-state index is 6.13. The van der Waals surface area contributed by atoms with Gasteiger partial charge in [-0.25, -0.2) is 0 Å². The zero-order valence-electron chi connectivity index (χ0n) is 11.2. The van der Waals surface area contributed by atoms with Gasteiger partial charge in [-0.05, 0) is 0 Å². The quantitative estimate of drug-likeness (QED) is 0.211. The van der Waals surface area contributed by atoms with Crippen LogP contribution in [0.5, 0.6) is 23.0 Å². The molecular weight excluding hydrogens is 503 g/mol. The molecule has 0 N–H and O–H groups in total. The molecule has 13 heteroatoms. The van der Waals surface area contributed by atoms with Gasteiger partial charge >= 0.3 is 6.96 Å². The van der Waals surface area contributed by atoms with E-state index in [1.54, 1.807) is 0 Å². The molecule has 25 heavy (non-hydrogen) atoms. The van der Waals surface area contributed by atoms with Gasteiger partial charge in [0.2, 0.25) is 0 Å². The van der Waals surface area contributed by atoms with Crippen LogP contribution in [0.3, 0.4) is 0 Å². The molecule has 0 saturated carbocycles. The number of halogens is 8. The molecule has 0 amide bonds. The summed E-state index contributed by atoms with van der Waals surface area (Å²) in [7, 11) is 0. The Bertz CT molecular complexity index is 811. The molecule has 2 aliphatic rings. The molecule has 0 bridgehead atoms. The second kappa shape index (κ2) is 6.01. The second-order valence-corrected chi connectivity index (χ2v) is 7.90. The van der Waals surface area contributed by atoms with Crippen LogP contribution < -0.4 is 18.6 Å². The molecule has 0 aromatic heterocycles. The standard InChI is InChI=1S/C12BCl8O4/c14-1-2(15)6(19)10-9(5(1)18)22-13(23-10)24-11-7(20)3(16)4(17)8(21)12(11)25-13/q-1. The smallest absolute Gasteiger partial charge is 0.608 e. The predicted octanol–water partition coefficient (Wildman–Crippen LogP) is 7.59. The Kier molecular flexibility index (Phi) is 4.42. The molecule has 0 aliphatic carbocycles. The van der Waals surface area contributed by atoms with E-state index in [2.05, 4.69) is 0 Å². The van der Waals surface area contributed by atoms with Gasteiger partial charge in [0.05, 0.1) is 20.1 Å². The average Bonchev–Trinajstić information content (AvgIpc) is 3.16. The first kappa shape index (κ1) is 18.4. The summed E-state index contributed by atoms with van der Waals surface area (Å²) in [5.41, 5.74) is 0. The molecule has 4 nitrogen and oxygen atoms in total. The van der Waals surface area contributed by atoms with E-state index in [1.807, 2.05) is 0 Å². The third-order valence-corrected chi connectivity index (χ3v) is 6.95. The van der Waals surface area contributed by atoms with Crippen LogP contribution >= 0.6 is 92.8 Å². The number of hydrogen-bond donors (Lipinski definition) is 0. The van der Waals surface area contributed by atoms with Crippen LogP contribution in [0.4, 0.5) is 0 Å². The number of rotatable bonds is 0. The van der Waals surface area contributed by atoms with E-state index in [1.165, 1.54) is 0 Å². The Labute approximate surface area is 180 Å². The molecule has 0 unspecified atom stereocenters. The van der Waals surface area contributed by atoms with Crippen molar-refractivity contribution < 1.29 is 18.6 Å². The van der Waals surface area contributed by atoms with E-state index in [0.717, 1.165) is 0 Å². The van der Waals surface area contributed by atoms with Crippen LogP contribution in [0.25, 0.3) is 0 Å². The molecule has 0 fully saturated rings. The highest BCUT2D eigenvalue weighted by molar-refractivity contribution is 6.63. The molecule has 4 rings (SSSR count). The van der Waals surface area contributed by atoms with E-state index in [9.17, 15) is 0 Å². The Morgan fingerprint density at radius 3 is 0.760 bits per heavy atom. The van der Waals surface area contributed by atoms with Crippen LogP contribution in [0.15, 0.2) is 0 Å². The molecule has 2 heterocycles. The van der Waals surface area contributed by atoms with Gasteiger partial charge in [0.25, 0.3) is 0 Å². The van der Waals surface area contributed by atoms with Crippen LogP contribution in [0.1, 0.15) is 0 Å². The normalized spacial score (nSPS) is 16.0. The summed E-state index contributed by atoms with van der Waals surface area (Å²) in [6.45, 7) is -2.91. The molecule has 0 atom stereocenters. The van der Waals surface area contributed by atoms with Crippen molar-refractivity contribution in [3.8, 4) is 23.0 Å². The Balaban J connectivity index is 1.83. The summed E-state index contributed by atoms with van der Waals surface area (Å²) < 4.78 is 22.4. The zero-order chi connectivity index (χ0) is 18.3. The van der Waals surface area contributed by atoms with Gasteiger partial charge in [0.15, 0.2) is 0 Å². The van der Waals surface area contributed by atoms with Gasteiger partial charge in [0.1, 0.15) is 43.1 Å². The van der Waals surface area contributed by atoms with Crippen molar-refractivity contribution in [2.24, 2.45) is 0 Å². The molecule has 0 radical (unpaired) electrons. The van der Waals surface area contributed by atoms with Gasteiger partial charge in [-0.1, -0.05) is 92.8 Å². The van der Waals surface area contributed by atoms with Gasteiger partial charge in [-0.15, -0.1) is 0 Å². The van der Waals surface area contributed by atoms with Crippen LogP contribution in [-0.2, 0) is 0 Å². The lowest BCUT2D eigenvalue weighted by molar-refractivity contribution is 0.224. The van der Waals surface area contributed by atoms with Crippen molar-refractivity contribution in [2.45, 2.75) is 0 Å². The lowest BCUT2D eigenvalue weighted by Crippen LogP contribution is -2.54. The highest BCUT2D eigenvalue weighted by atomic mass is 35.5. The fourth-order valence-electron chi connectivity index (χ4n) is 2.33. The SMILES string of the molecule is Clc1c(Cl)c(Cl)c2c(c1Cl)O[B-]1(O2)Oc2c(Cl)c(Cl)c(Cl)c(Cl)c2O1. The van der Waals surface area contributed by atoms with Crippen molar-refractivity contribution in [1.29, 1.82) is 0 Å². The third kappa shape index (κ3) is 2.52. The second-order valence-electron chi connectivity index (χ2n) is 4.88. The van der Waals surface area contributed by atoms with Crippen LogP contribution in [-0.4, -0.2) is 6.96 Å². The molecule has 1 spiro atoms. The molecule has 2 aromatic rings. The molecule has 2 aliphatic heterocycles. The molecular formula is C12BCl8O4-. The van der Waals surface area contributed by atoms with Gasteiger partial charge in [-0.3, -0.25) is 0 Å². The van der Waals surface area contributed by atoms with E-state index >= 15 is 0 Å². The minimum atomic E-state index is -2.91. The highest BCUT2D eigenvalue weighted by Crippen LogP contribution is 2.59. The van der Waals surface area contributed by atoms with Crippen LogP contribution in [0, 0.1) is 0 Å². The van der Waals surface area contributed by atoms with E-state index in [0.29, 0.717) is 0 Å². The predicted molar refractivity (Wildman–Crippen MR) is 101 cm³/mol. The van der Waals surface area contributed by atoms with Crippen molar-refractivity contribution in [3.63, 3.8) is 0 Å². The highest BCUT2D eigenvalue weighted by Gasteiger charge is 2.55. The molecule has 132 valence electrons. The van der Waals surface area contributed by atoms with Crippen LogP contribution in [0.2, 0.25) is 40.2 Å². The molecule has 0 saturated heterocycles. The topological polar surface area (TPSA) is 36.9 Å². The maximum absolute atomic E-state index is 6.13. The first-order chi connectivity index (χ1) is 11.7. The van der Waals surface area contributed by atoms with Crippen molar-refractivity contribution in [1.82, 2.24) is 0 Å². The summed E-state index contributed by atoms with van der Waals surface area (Å²) in [4.78, 5) is 0. The zero-order valence-corrected chi connectivity index (χ0v) is 17.3. The fraction of sp³-hybridized carbons (Fsp3) is 0. The van der Waals surface area contributed by atoms with Gasteiger partial charge in [0, 0.05) is 0 Å². The minimum Gasteiger partial charge on any atom is -0.608 e. The van der Waals surface area contributed by atoms with Crippen molar-refractivity contribution in [2.75, 3.05) is 0 Å². The van der Waals surface area contributed by atoms with Gasteiger partial charge < -0.3 is 18.6 Å². The van der Waals surface area contributed by atoms with Crippen molar-refractivity contribution in [3.05, 3.63) is 40.2 Å².